The summed E-state index contributed by atoms with van der Waals surface area (Å²) in [5, 5.41) is 13.7. The van der Waals surface area contributed by atoms with Gasteiger partial charge in [-0.05, 0) is 72.2 Å². The Morgan fingerprint density at radius 1 is 0.905 bits per heavy atom. The summed E-state index contributed by atoms with van der Waals surface area (Å²) >= 11 is 0. The van der Waals surface area contributed by atoms with Crippen molar-refractivity contribution >= 4 is 23.5 Å². The fraction of sp³-hybridized carbons (Fsp3) is 0.344. The highest BCUT2D eigenvalue weighted by atomic mass is 19.4. The van der Waals surface area contributed by atoms with E-state index in [9.17, 15) is 31.9 Å². The summed E-state index contributed by atoms with van der Waals surface area (Å²) < 4.78 is 53.7. The van der Waals surface area contributed by atoms with Gasteiger partial charge in [-0.2, -0.15) is 13.2 Å². The molecule has 1 atom stereocenters. The number of halogens is 4. The first-order valence-corrected chi connectivity index (χ1v) is 13.9. The van der Waals surface area contributed by atoms with Crippen LogP contribution in [0, 0.1) is 5.82 Å². The molecule has 1 fully saturated rings. The van der Waals surface area contributed by atoms with Crippen LogP contribution in [0.3, 0.4) is 0 Å². The van der Waals surface area contributed by atoms with E-state index >= 15 is 0 Å². The van der Waals surface area contributed by atoms with E-state index in [0.29, 0.717) is 34.7 Å². The second-order valence-corrected chi connectivity index (χ2v) is 10.6. The molecule has 3 aromatic rings. The lowest BCUT2D eigenvalue weighted by molar-refractivity contribution is -0.138. The van der Waals surface area contributed by atoms with Gasteiger partial charge < -0.3 is 15.7 Å². The van der Waals surface area contributed by atoms with Gasteiger partial charge in [0.15, 0.2) is 0 Å². The molecule has 0 saturated heterocycles. The van der Waals surface area contributed by atoms with E-state index in [1.807, 2.05) is 24.3 Å². The van der Waals surface area contributed by atoms with Gasteiger partial charge in [-0.25, -0.2) is 4.39 Å². The maximum atomic E-state index is 14.0. The Morgan fingerprint density at radius 3 is 2.19 bits per heavy atom. The van der Waals surface area contributed by atoms with E-state index in [1.165, 1.54) is 24.8 Å². The fourth-order valence-corrected chi connectivity index (χ4v) is 5.27. The number of rotatable bonds is 10. The van der Waals surface area contributed by atoms with Gasteiger partial charge in [-0.1, -0.05) is 55.7 Å². The van der Waals surface area contributed by atoms with E-state index in [2.05, 4.69) is 10.6 Å². The van der Waals surface area contributed by atoms with Crippen LogP contribution in [0.25, 0.3) is 0 Å². The molecule has 222 valence electrons. The van der Waals surface area contributed by atoms with E-state index in [0.717, 1.165) is 18.9 Å². The van der Waals surface area contributed by atoms with Gasteiger partial charge in [0.25, 0.3) is 5.91 Å². The zero-order valence-corrected chi connectivity index (χ0v) is 22.8. The zero-order valence-electron chi connectivity index (χ0n) is 22.8. The van der Waals surface area contributed by atoms with Crippen molar-refractivity contribution in [2.45, 2.75) is 63.0 Å². The highest BCUT2D eigenvalue weighted by Crippen LogP contribution is 2.35. The highest BCUT2D eigenvalue weighted by Gasteiger charge is 2.32. The Balaban J connectivity index is 1.56. The molecule has 0 bridgehead atoms. The molecule has 4 rings (SSSR count). The lowest BCUT2D eigenvalue weighted by Crippen LogP contribution is -2.26. The highest BCUT2D eigenvalue weighted by molar-refractivity contribution is 5.96. The number of carboxylic acids is 1. The van der Waals surface area contributed by atoms with Crippen molar-refractivity contribution < 1.29 is 37.1 Å². The first-order valence-electron chi connectivity index (χ1n) is 13.9. The summed E-state index contributed by atoms with van der Waals surface area (Å²) in [5.74, 6) is -3.57. The van der Waals surface area contributed by atoms with Gasteiger partial charge in [-0.15, -0.1) is 0 Å². The molecule has 3 N–H and O–H groups in total. The molecule has 1 aliphatic rings. The maximum Gasteiger partial charge on any atom is 0.416 e. The third-order valence-electron chi connectivity index (χ3n) is 7.50. The number of anilines is 1. The Kier molecular flexibility index (Phi) is 9.98. The molecule has 6 nitrogen and oxygen atoms in total. The molecular formula is C32H32F4N2O4. The maximum absolute atomic E-state index is 14.0. The summed E-state index contributed by atoms with van der Waals surface area (Å²) in [6.07, 6.45) is 0.915. The Bertz CT molecular complexity index is 1400. The number of amides is 2. The molecule has 1 saturated carbocycles. The molecule has 0 aliphatic heterocycles. The predicted octanol–water partition coefficient (Wildman–Crippen LogP) is 7.06. The van der Waals surface area contributed by atoms with Crippen LogP contribution in [0.1, 0.15) is 83.0 Å². The van der Waals surface area contributed by atoms with Crippen molar-refractivity contribution in [3.8, 4) is 0 Å². The van der Waals surface area contributed by atoms with E-state index < -0.39 is 41.3 Å². The van der Waals surface area contributed by atoms with Crippen LogP contribution < -0.4 is 10.6 Å². The number of carbonyl (C=O) groups excluding carboxylic acids is 2. The number of carboxylic acid groups (broad SMARTS) is 1. The minimum absolute atomic E-state index is 0.0227. The number of alkyl halides is 3. The first kappa shape index (κ1) is 30.7. The smallest absolute Gasteiger partial charge is 0.416 e. The molecule has 42 heavy (non-hydrogen) atoms. The van der Waals surface area contributed by atoms with Gasteiger partial charge >= 0.3 is 12.1 Å². The fourth-order valence-electron chi connectivity index (χ4n) is 5.27. The molecule has 0 heterocycles. The van der Waals surface area contributed by atoms with E-state index in [1.54, 1.807) is 24.3 Å². The quantitative estimate of drug-likeness (QED) is 0.222. The molecular weight excluding hydrogens is 552 g/mol. The van der Waals surface area contributed by atoms with Gasteiger partial charge in [0.1, 0.15) is 5.82 Å². The number of hydrogen-bond donors (Lipinski definition) is 3. The van der Waals surface area contributed by atoms with Crippen LogP contribution in [0.15, 0.2) is 66.7 Å². The third kappa shape index (κ3) is 8.41. The lowest BCUT2D eigenvalue weighted by atomic mass is 9.83. The van der Waals surface area contributed by atoms with Crippen molar-refractivity contribution in [2.75, 3.05) is 11.9 Å². The van der Waals surface area contributed by atoms with Crippen molar-refractivity contribution in [2.24, 2.45) is 0 Å². The number of benzene rings is 3. The molecule has 0 spiro atoms. The molecule has 10 heteroatoms. The van der Waals surface area contributed by atoms with Crippen LogP contribution in [0.4, 0.5) is 23.2 Å². The van der Waals surface area contributed by atoms with E-state index in [4.69, 9.17) is 5.11 Å². The third-order valence-corrected chi connectivity index (χ3v) is 7.50. The van der Waals surface area contributed by atoms with Gasteiger partial charge in [-0.3, -0.25) is 14.4 Å². The van der Waals surface area contributed by atoms with E-state index in [-0.39, 0.29) is 25.1 Å². The SMILES string of the molecule is O=C(O)CCNC(=O)c1ccc(CC(C(=O)Nc2cc(F)cc(C(F)(F)F)c2)c2ccc(C3CCCCC3)cc2)cc1. The average molecular weight is 585 g/mol. The summed E-state index contributed by atoms with van der Waals surface area (Å²) in [6.45, 7) is -0.0227. The minimum atomic E-state index is -4.78. The van der Waals surface area contributed by atoms with Crippen molar-refractivity contribution in [3.63, 3.8) is 0 Å². The van der Waals surface area contributed by atoms with Crippen LogP contribution in [-0.2, 0) is 22.2 Å². The van der Waals surface area contributed by atoms with Crippen molar-refractivity contribution in [1.29, 1.82) is 0 Å². The lowest BCUT2D eigenvalue weighted by Gasteiger charge is -2.23. The second-order valence-electron chi connectivity index (χ2n) is 10.6. The number of hydrogen-bond acceptors (Lipinski definition) is 3. The summed E-state index contributed by atoms with van der Waals surface area (Å²) in [7, 11) is 0. The average Bonchev–Trinajstić information content (AvgIpc) is 2.96. The summed E-state index contributed by atoms with van der Waals surface area (Å²) in [4.78, 5) is 36.5. The topological polar surface area (TPSA) is 95.5 Å². The minimum Gasteiger partial charge on any atom is -0.481 e. The number of nitrogens with one attached hydrogen (secondary N) is 2. The van der Waals surface area contributed by atoms with Crippen LogP contribution >= 0.6 is 0 Å². The molecule has 0 aromatic heterocycles. The van der Waals surface area contributed by atoms with Gasteiger partial charge in [0, 0.05) is 17.8 Å². The Labute approximate surface area is 241 Å². The zero-order chi connectivity index (χ0) is 30.3. The van der Waals surface area contributed by atoms with Gasteiger partial charge in [0.05, 0.1) is 17.9 Å². The largest absolute Gasteiger partial charge is 0.481 e. The molecule has 1 unspecified atom stereocenters. The summed E-state index contributed by atoms with van der Waals surface area (Å²) in [6, 6.07) is 16.0. The van der Waals surface area contributed by atoms with Crippen LogP contribution in [-0.4, -0.2) is 29.4 Å². The van der Waals surface area contributed by atoms with Crippen LogP contribution in [0.5, 0.6) is 0 Å². The Morgan fingerprint density at radius 2 is 1.57 bits per heavy atom. The second kappa shape index (κ2) is 13.6. The Hall–Kier alpha value is -4.21. The number of carbonyl (C=O) groups is 3. The van der Waals surface area contributed by atoms with Crippen LogP contribution in [0.2, 0.25) is 0 Å². The molecule has 0 radical (unpaired) electrons. The molecule has 3 aromatic carbocycles. The van der Waals surface area contributed by atoms with Crippen molar-refractivity contribution in [1.82, 2.24) is 5.32 Å². The number of aliphatic carboxylic acids is 1. The normalized spacial score (nSPS) is 14.7. The standard InChI is InChI=1S/C32H32F4N2O4/c33-26-17-25(32(34,35)36)18-27(19-26)38-31(42)28(23-12-10-22(11-13-23)21-4-2-1-3-5-21)16-20-6-8-24(9-7-20)30(41)37-15-14-29(39)40/h6-13,17-19,21,28H,1-5,14-16H2,(H,37,41)(H,38,42)(H,39,40). The molecule has 1 aliphatic carbocycles. The molecule has 2 amide bonds. The first-order chi connectivity index (χ1) is 20.0. The van der Waals surface area contributed by atoms with Gasteiger partial charge in [0.2, 0.25) is 5.91 Å². The monoisotopic (exact) mass is 584 g/mol. The predicted molar refractivity (Wildman–Crippen MR) is 150 cm³/mol. The van der Waals surface area contributed by atoms with Crippen molar-refractivity contribution in [3.05, 3.63) is 100 Å². The summed E-state index contributed by atoms with van der Waals surface area (Å²) in [5.41, 5.74) is 1.31.